The quantitative estimate of drug-likeness (QED) is 0.626. The Labute approximate surface area is 134 Å². The van der Waals surface area contributed by atoms with E-state index in [2.05, 4.69) is 17.2 Å². The molecule has 0 aromatic heterocycles. The zero-order chi connectivity index (χ0) is 13.1. The fourth-order valence-corrected chi connectivity index (χ4v) is 1.83. The average Bonchev–Trinajstić information content (AvgIpc) is 2.26. The van der Waals surface area contributed by atoms with Crippen LogP contribution in [0.4, 0.5) is 5.69 Å². The maximum absolute atomic E-state index is 11.5. The third kappa shape index (κ3) is 5.68. The molecule has 0 aliphatic rings. The molecule has 1 radical (unpaired) electrons. The Hall–Kier alpha value is -0.126. The van der Waals surface area contributed by atoms with Gasteiger partial charge in [-0.05, 0) is 45.0 Å². The van der Waals surface area contributed by atoms with Gasteiger partial charge in [0.2, 0.25) is 0 Å². The zero-order valence-corrected chi connectivity index (χ0v) is 14.6. The minimum atomic E-state index is -3.24. The molecule has 0 spiro atoms. The summed E-state index contributed by atoms with van der Waals surface area (Å²) in [6.45, 7) is 9.22. The van der Waals surface area contributed by atoms with Crippen LogP contribution in [-0.2, 0) is 42.5 Å². The summed E-state index contributed by atoms with van der Waals surface area (Å²) in [4.78, 5) is 0.266. The van der Waals surface area contributed by atoms with E-state index in [0.29, 0.717) is 5.69 Å². The minimum Gasteiger partial charge on any atom is -0.328 e. The molecular formula is C12H17N2O2SY-. The summed E-state index contributed by atoms with van der Waals surface area (Å²) < 4.78 is 23.0. The molecule has 0 saturated carbocycles. The number of rotatable bonds is 3. The molecule has 0 bridgehead atoms. The molecule has 0 fully saturated rings. The first-order chi connectivity index (χ1) is 7.74. The average molecular weight is 342 g/mol. The van der Waals surface area contributed by atoms with Crippen molar-refractivity contribution in [3.8, 4) is 0 Å². The molecule has 0 heterocycles. The van der Waals surface area contributed by atoms with E-state index >= 15 is 0 Å². The van der Waals surface area contributed by atoms with Crippen LogP contribution in [0.5, 0.6) is 0 Å². The van der Waals surface area contributed by atoms with Crippen molar-refractivity contribution in [1.29, 1.82) is 0 Å². The van der Waals surface area contributed by atoms with Gasteiger partial charge in [0.25, 0.3) is 0 Å². The number of hydrogen-bond acceptors (Lipinski definition) is 4. The first kappa shape index (κ1) is 17.9. The number of nitrogens with zero attached hydrogens (tertiary/aromatic N) is 2. The molecule has 1 aromatic carbocycles. The van der Waals surface area contributed by atoms with Gasteiger partial charge >= 0.3 is 0 Å². The molecule has 0 aliphatic carbocycles. The predicted octanol–water partition coefficient (Wildman–Crippen LogP) is 3.17. The summed E-state index contributed by atoms with van der Waals surface area (Å²) in [7, 11) is -3.24. The third-order valence-corrected chi connectivity index (χ3v) is 3.46. The van der Waals surface area contributed by atoms with Gasteiger partial charge in [0, 0.05) is 32.7 Å². The van der Waals surface area contributed by atoms with E-state index < -0.39 is 9.84 Å². The number of benzene rings is 1. The Morgan fingerprint density at radius 2 is 1.67 bits per heavy atom. The van der Waals surface area contributed by atoms with Gasteiger partial charge in [-0.15, -0.1) is 0 Å². The normalized spacial score (nSPS) is 12.4. The van der Waals surface area contributed by atoms with Crippen LogP contribution in [0.2, 0.25) is 0 Å². The van der Waals surface area contributed by atoms with E-state index in [9.17, 15) is 8.42 Å². The Morgan fingerprint density at radius 3 is 2.06 bits per heavy atom. The minimum absolute atomic E-state index is 0. The third-order valence-electron chi connectivity index (χ3n) is 1.93. The van der Waals surface area contributed by atoms with E-state index in [1.165, 1.54) is 12.1 Å². The van der Waals surface area contributed by atoms with Crippen LogP contribution < -0.4 is 0 Å². The van der Waals surface area contributed by atoms with Crippen molar-refractivity contribution in [2.45, 2.75) is 31.2 Å². The number of azo groups is 1. The second kappa shape index (κ2) is 6.87. The van der Waals surface area contributed by atoms with E-state index in [4.69, 9.17) is 0 Å². The van der Waals surface area contributed by atoms with Crippen LogP contribution in [0.25, 0.3) is 0 Å². The first-order valence-corrected chi connectivity index (χ1v) is 6.95. The van der Waals surface area contributed by atoms with Crippen molar-refractivity contribution >= 4 is 15.5 Å². The van der Waals surface area contributed by atoms with E-state index in [0.717, 1.165) is 0 Å². The SMILES string of the molecule is [CH2-]CS(=O)(=O)c1ccc(N=NC(C)(C)C)cc1.[Y]. The number of sulfone groups is 1. The molecule has 18 heavy (non-hydrogen) atoms. The molecule has 0 N–H and O–H groups in total. The molecule has 0 aliphatic heterocycles. The molecule has 0 saturated heterocycles. The van der Waals surface area contributed by atoms with Gasteiger partial charge in [0.1, 0.15) is 0 Å². The smallest absolute Gasteiger partial charge is 0.150 e. The van der Waals surface area contributed by atoms with E-state index in [1.807, 2.05) is 20.8 Å². The standard InChI is InChI=1S/C12H17N2O2S.Y/c1-5-17(15,16)11-8-6-10(7-9-11)13-14-12(2,3)4;/h6-9H,1,5H2,2-4H3;/q-1;. The molecule has 1 aromatic rings. The summed E-state index contributed by atoms with van der Waals surface area (Å²) >= 11 is 0. The van der Waals surface area contributed by atoms with Crippen LogP contribution in [0.15, 0.2) is 39.4 Å². The summed E-state index contributed by atoms with van der Waals surface area (Å²) in [5, 5.41) is 8.14. The molecule has 1 rings (SSSR count). The fraction of sp³-hybridized carbons (Fsp3) is 0.417. The molecule has 4 nitrogen and oxygen atoms in total. The second-order valence-corrected chi connectivity index (χ2v) is 6.79. The van der Waals surface area contributed by atoms with E-state index in [-0.39, 0.29) is 48.9 Å². The van der Waals surface area contributed by atoms with Crippen LogP contribution in [0, 0.1) is 6.92 Å². The van der Waals surface area contributed by atoms with Gasteiger partial charge in [-0.1, -0.05) is 5.75 Å². The fourth-order valence-electron chi connectivity index (χ4n) is 1.05. The van der Waals surface area contributed by atoms with Crippen LogP contribution in [0.1, 0.15) is 20.8 Å². The number of hydrogen-bond donors (Lipinski definition) is 0. The zero-order valence-electron chi connectivity index (χ0n) is 10.9. The molecule has 0 atom stereocenters. The van der Waals surface area contributed by atoms with Crippen molar-refractivity contribution in [3.05, 3.63) is 31.2 Å². The van der Waals surface area contributed by atoms with Crippen LogP contribution in [0.3, 0.4) is 0 Å². The van der Waals surface area contributed by atoms with Crippen LogP contribution >= 0.6 is 0 Å². The Morgan fingerprint density at radius 1 is 1.17 bits per heavy atom. The Balaban J connectivity index is 0.00000289. The maximum atomic E-state index is 11.5. The second-order valence-electron chi connectivity index (χ2n) is 4.68. The monoisotopic (exact) mass is 342 g/mol. The van der Waals surface area contributed by atoms with Gasteiger partial charge < -0.3 is 6.92 Å². The van der Waals surface area contributed by atoms with Gasteiger partial charge in [-0.25, -0.2) is 8.42 Å². The van der Waals surface area contributed by atoms with Crippen molar-refractivity contribution in [1.82, 2.24) is 0 Å². The topological polar surface area (TPSA) is 58.9 Å². The van der Waals surface area contributed by atoms with Crippen molar-refractivity contribution < 1.29 is 41.1 Å². The predicted molar refractivity (Wildman–Crippen MR) is 68.1 cm³/mol. The van der Waals surface area contributed by atoms with Gasteiger partial charge in [-0.2, -0.15) is 10.2 Å². The molecule has 97 valence electrons. The van der Waals surface area contributed by atoms with Crippen molar-refractivity contribution in [2.75, 3.05) is 5.75 Å². The summed E-state index contributed by atoms with van der Waals surface area (Å²) in [5.41, 5.74) is 0.404. The first-order valence-electron chi connectivity index (χ1n) is 5.29. The molecule has 6 heteroatoms. The van der Waals surface area contributed by atoms with Gasteiger partial charge in [-0.3, -0.25) is 0 Å². The van der Waals surface area contributed by atoms with Crippen molar-refractivity contribution in [2.24, 2.45) is 10.2 Å². The maximum Gasteiger partial charge on any atom is 0.150 e. The van der Waals surface area contributed by atoms with Gasteiger partial charge in [0.05, 0.1) is 16.1 Å². The molecular weight excluding hydrogens is 325 g/mol. The Kier molecular flexibility index (Phi) is 6.82. The van der Waals surface area contributed by atoms with E-state index in [1.54, 1.807) is 12.1 Å². The molecule has 0 amide bonds. The summed E-state index contributed by atoms with van der Waals surface area (Å²) in [5.74, 6) is -0.143. The van der Waals surface area contributed by atoms with Crippen molar-refractivity contribution in [3.63, 3.8) is 0 Å². The van der Waals surface area contributed by atoms with Crippen LogP contribution in [-0.4, -0.2) is 19.7 Å². The summed E-state index contributed by atoms with van der Waals surface area (Å²) in [6.07, 6.45) is 0. The summed E-state index contributed by atoms with van der Waals surface area (Å²) in [6, 6.07) is 6.32. The molecule has 0 unspecified atom stereocenters. The van der Waals surface area contributed by atoms with Gasteiger partial charge in [0.15, 0.2) is 9.84 Å². The Bertz CT molecular complexity index is 502. The largest absolute Gasteiger partial charge is 0.328 e.